The Morgan fingerprint density at radius 2 is 2.00 bits per heavy atom. The third-order valence-corrected chi connectivity index (χ3v) is 4.65. The van der Waals surface area contributed by atoms with E-state index in [0.717, 1.165) is 49.6 Å². The van der Waals surface area contributed by atoms with Crippen molar-refractivity contribution in [1.29, 1.82) is 0 Å². The second-order valence-corrected chi connectivity index (χ2v) is 6.29. The molecule has 7 nitrogen and oxygen atoms in total. The minimum Gasteiger partial charge on any atom is -0.424 e. The highest BCUT2D eigenvalue weighted by Gasteiger charge is 2.24. The quantitative estimate of drug-likeness (QED) is 0.797. The zero-order valence-electron chi connectivity index (χ0n) is 14.1. The van der Waals surface area contributed by atoms with Gasteiger partial charge in [-0.3, -0.25) is 4.90 Å². The van der Waals surface area contributed by atoms with Crippen LogP contribution in [0.3, 0.4) is 0 Å². The number of hydrogen-bond donors (Lipinski definition) is 1. The highest BCUT2D eigenvalue weighted by Crippen LogP contribution is 2.23. The molecule has 0 amide bonds. The Morgan fingerprint density at radius 1 is 1.12 bits per heavy atom. The summed E-state index contributed by atoms with van der Waals surface area (Å²) in [6.07, 6.45) is 1.08. The molecule has 1 aromatic carbocycles. The van der Waals surface area contributed by atoms with Gasteiger partial charge in [0.15, 0.2) is 0 Å². The molecule has 1 aliphatic heterocycles. The van der Waals surface area contributed by atoms with Gasteiger partial charge in [-0.15, -0.1) is 10.2 Å². The number of hydrogen-bond acceptors (Lipinski definition) is 6. The number of anilines is 1. The first-order valence-corrected chi connectivity index (χ1v) is 8.44. The molecule has 1 unspecified atom stereocenters. The molecule has 3 heterocycles. The normalized spacial score (nSPS) is 18.0. The van der Waals surface area contributed by atoms with Crippen molar-refractivity contribution in [1.82, 2.24) is 25.1 Å². The Hall–Kier alpha value is -2.41. The van der Waals surface area contributed by atoms with Crippen LogP contribution in [0.1, 0.15) is 31.2 Å². The third-order valence-electron chi connectivity index (χ3n) is 4.65. The van der Waals surface area contributed by atoms with Crippen LogP contribution in [0.4, 0.5) is 5.95 Å². The molecule has 2 aromatic heterocycles. The average molecular weight is 326 g/mol. The van der Waals surface area contributed by atoms with E-state index in [1.165, 1.54) is 0 Å². The summed E-state index contributed by atoms with van der Waals surface area (Å²) in [6.45, 7) is 7.83. The molecular formula is C17H22N6O. The van der Waals surface area contributed by atoms with E-state index in [1.807, 2.05) is 25.1 Å². The van der Waals surface area contributed by atoms with Gasteiger partial charge < -0.3 is 14.3 Å². The molecular weight excluding hydrogens is 304 g/mol. The lowest BCUT2D eigenvalue weighted by molar-refractivity contribution is 0.194. The first-order valence-electron chi connectivity index (χ1n) is 8.44. The lowest BCUT2D eigenvalue weighted by Gasteiger charge is -2.25. The number of rotatable bonds is 3. The Labute approximate surface area is 140 Å². The fourth-order valence-electron chi connectivity index (χ4n) is 3.26. The fourth-order valence-corrected chi connectivity index (χ4v) is 3.26. The number of benzene rings is 1. The third kappa shape index (κ3) is 2.87. The van der Waals surface area contributed by atoms with Gasteiger partial charge in [0.1, 0.15) is 0 Å². The topological polar surface area (TPSA) is 74.1 Å². The Morgan fingerprint density at radius 3 is 2.79 bits per heavy atom. The molecule has 0 spiro atoms. The van der Waals surface area contributed by atoms with Crippen LogP contribution in [0.15, 0.2) is 28.7 Å². The minimum atomic E-state index is 0.141. The van der Waals surface area contributed by atoms with Crippen molar-refractivity contribution in [3.05, 3.63) is 36.0 Å². The van der Waals surface area contributed by atoms with Crippen molar-refractivity contribution >= 4 is 17.0 Å². The zero-order valence-corrected chi connectivity index (χ0v) is 14.1. The van der Waals surface area contributed by atoms with E-state index >= 15 is 0 Å². The maximum absolute atomic E-state index is 5.59. The SMILES string of the molecule is Cc1nnc(C(C)N2CCCN(c3nc4ccccc4[nH]3)CC2)o1. The predicted octanol–water partition coefficient (Wildman–Crippen LogP) is 2.53. The summed E-state index contributed by atoms with van der Waals surface area (Å²) in [5.41, 5.74) is 2.10. The molecule has 1 fully saturated rings. The molecule has 4 rings (SSSR count). The number of imidazole rings is 1. The van der Waals surface area contributed by atoms with Crippen LogP contribution in [-0.2, 0) is 0 Å². The van der Waals surface area contributed by atoms with E-state index in [9.17, 15) is 0 Å². The summed E-state index contributed by atoms with van der Waals surface area (Å²) in [5.74, 6) is 2.28. The molecule has 0 saturated carbocycles. The van der Waals surface area contributed by atoms with Crippen molar-refractivity contribution in [2.45, 2.75) is 26.3 Å². The van der Waals surface area contributed by atoms with E-state index in [0.29, 0.717) is 11.8 Å². The number of aromatic nitrogens is 4. The van der Waals surface area contributed by atoms with Crippen LogP contribution in [0.2, 0.25) is 0 Å². The molecule has 0 aliphatic carbocycles. The second kappa shape index (κ2) is 6.24. The lowest BCUT2D eigenvalue weighted by atomic mass is 10.2. The Balaban J connectivity index is 1.47. The Bertz CT molecular complexity index is 792. The molecule has 1 aliphatic rings. The van der Waals surface area contributed by atoms with Gasteiger partial charge in [0.05, 0.1) is 17.1 Å². The van der Waals surface area contributed by atoms with Crippen molar-refractivity contribution in [3.63, 3.8) is 0 Å². The summed E-state index contributed by atoms with van der Waals surface area (Å²) in [6, 6.07) is 8.30. The van der Waals surface area contributed by atoms with Gasteiger partial charge in [-0.1, -0.05) is 12.1 Å². The molecule has 3 aromatic rings. The summed E-state index contributed by atoms with van der Waals surface area (Å²) in [7, 11) is 0. The average Bonchev–Trinajstić information content (AvgIpc) is 3.13. The number of aromatic amines is 1. The fraction of sp³-hybridized carbons (Fsp3) is 0.471. The van der Waals surface area contributed by atoms with Gasteiger partial charge in [0.2, 0.25) is 17.7 Å². The Kier molecular flexibility index (Phi) is 3.93. The molecule has 7 heteroatoms. The maximum Gasteiger partial charge on any atom is 0.233 e. The minimum absolute atomic E-state index is 0.141. The van der Waals surface area contributed by atoms with Gasteiger partial charge in [0.25, 0.3) is 0 Å². The number of aryl methyl sites for hydroxylation is 1. The van der Waals surface area contributed by atoms with Crippen LogP contribution in [0, 0.1) is 6.92 Å². The van der Waals surface area contributed by atoms with Crippen molar-refractivity contribution < 1.29 is 4.42 Å². The molecule has 0 bridgehead atoms. The number of nitrogens with zero attached hydrogens (tertiary/aromatic N) is 5. The summed E-state index contributed by atoms with van der Waals surface area (Å²) < 4.78 is 5.59. The molecule has 0 radical (unpaired) electrons. The lowest BCUT2D eigenvalue weighted by Crippen LogP contribution is -2.33. The van der Waals surface area contributed by atoms with E-state index in [4.69, 9.17) is 9.40 Å². The second-order valence-electron chi connectivity index (χ2n) is 6.29. The molecule has 24 heavy (non-hydrogen) atoms. The number of para-hydroxylation sites is 2. The van der Waals surface area contributed by atoms with Crippen LogP contribution in [-0.4, -0.2) is 51.2 Å². The molecule has 1 N–H and O–H groups in total. The van der Waals surface area contributed by atoms with Crippen molar-refractivity contribution in [2.75, 3.05) is 31.1 Å². The predicted molar refractivity (Wildman–Crippen MR) is 91.9 cm³/mol. The smallest absolute Gasteiger partial charge is 0.233 e. The van der Waals surface area contributed by atoms with Gasteiger partial charge in [0, 0.05) is 33.1 Å². The molecule has 1 saturated heterocycles. The van der Waals surface area contributed by atoms with E-state index in [-0.39, 0.29) is 6.04 Å². The standard InChI is InChI=1S/C17H22N6O/c1-12(16-21-20-13(2)24-16)22-8-5-9-23(11-10-22)17-18-14-6-3-4-7-15(14)19-17/h3-4,6-7,12H,5,8-11H2,1-2H3,(H,18,19). The molecule has 1 atom stereocenters. The summed E-state index contributed by atoms with van der Waals surface area (Å²) in [5, 5.41) is 8.11. The van der Waals surface area contributed by atoms with Gasteiger partial charge in [-0.2, -0.15) is 0 Å². The van der Waals surface area contributed by atoms with Crippen LogP contribution in [0.25, 0.3) is 11.0 Å². The van der Waals surface area contributed by atoms with E-state index in [1.54, 1.807) is 0 Å². The van der Waals surface area contributed by atoms with E-state index < -0.39 is 0 Å². The number of nitrogens with one attached hydrogen (secondary N) is 1. The maximum atomic E-state index is 5.59. The summed E-state index contributed by atoms with van der Waals surface area (Å²) >= 11 is 0. The monoisotopic (exact) mass is 326 g/mol. The largest absolute Gasteiger partial charge is 0.424 e. The first-order chi connectivity index (χ1) is 11.7. The zero-order chi connectivity index (χ0) is 16.5. The van der Waals surface area contributed by atoms with Crippen molar-refractivity contribution in [3.8, 4) is 0 Å². The first kappa shape index (κ1) is 15.1. The van der Waals surface area contributed by atoms with Gasteiger partial charge in [-0.25, -0.2) is 4.98 Å². The van der Waals surface area contributed by atoms with Crippen LogP contribution in [0.5, 0.6) is 0 Å². The highest BCUT2D eigenvalue weighted by atomic mass is 16.4. The van der Waals surface area contributed by atoms with E-state index in [2.05, 4.69) is 38.0 Å². The highest BCUT2D eigenvalue weighted by molar-refractivity contribution is 5.77. The number of fused-ring (bicyclic) bond motifs is 1. The molecule has 126 valence electrons. The summed E-state index contributed by atoms with van der Waals surface area (Å²) in [4.78, 5) is 12.9. The van der Waals surface area contributed by atoms with Crippen LogP contribution < -0.4 is 4.90 Å². The number of H-pyrrole nitrogens is 1. The van der Waals surface area contributed by atoms with Crippen molar-refractivity contribution in [2.24, 2.45) is 0 Å². The van der Waals surface area contributed by atoms with Gasteiger partial charge in [-0.05, 0) is 25.5 Å². The van der Waals surface area contributed by atoms with Crippen LogP contribution >= 0.6 is 0 Å². The van der Waals surface area contributed by atoms with Gasteiger partial charge >= 0.3 is 0 Å².